The first-order chi connectivity index (χ1) is 12.7. The highest BCUT2D eigenvalue weighted by atomic mass is 16.4. The fourth-order valence-corrected chi connectivity index (χ4v) is 3.11. The van der Waals surface area contributed by atoms with Crippen LogP contribution in [0.2, 0.25) is 0 Å². The largest absolute Gasteiger partial charge is 0.421 e. The van der Waals surface area contributed by atoms with Gasteiger partial charge in [-0.1, -0.05) is 12.1 Å². The summed E-state index contributed by atoms with van der Waals surface area (Å²) in [5.74, 6) is 0.512. The standard InChI is InChI=1S/C20H20N4O2/c1-3-24(4-2)14-10-9-13-11-17(19(25)26-18(13)12-14)23-20-21-15-7-5-6-8-16(15)22-20/h5-12H,3-4H2,1-2H3,(H2,21,22,23). The van der Waals surface area contributed by atoms with Gasteiger partial charge in [0.05, 0.1) is 11.0 Å². The van der Waals surface area contributed by atoms with Gasteiger partial charge < -0.3 is 19.6 Å². The number of aromatic amines is 1. The van der Waals surface area contributed by atoms with Crippen LogP contribution in [0.25, 0.3) is 22.0 Å². The summed E-state index contributed by atoms with van der Waals surface area (Å²) in [7, 11) is 0. The lowest BCUT2D eigenvalue weighted by Crippen LogP contribution is -2.21. The van der Waals surface area contributed by atoms with Gasteiger partial charge >= 0.3 is 5.63 Å². The molecule has 0 saturated heterocycles. The van der Waals surface area contributed by atoms with Gasteiger partial charge in [-0.2, -0.15) is 0 Å². The molecular formula is C20H20N4O2. The van der Waals surface area contributed by atoms with E-state index in [1.165, 1.54) is 0 Å². The van der Waals surface area contributed by atoms with Crippen molar-refractivity contribution in [1.29, 1.82) is 0 Å². The summed E-state index contributed by atoms with van der Waals surface area (Å²) in [5, 5.41) is 3.89. The van der Waals surface area contributed by atoms with Gasteiger partial charge in [0.2, 0.25) is 5.95 Å². The first kappa shape index (κ1) is 16.2. The highest BCUT2D eigenvalue weighted by Crippen LogP contribution is 2.24. The van der Waals surface area contributed by atoms with Gasteiger partial charge in [0, 0.05) is 30.2 Å². The quantitative estimate of drug-likeness (QED) is 0.527. The summed E-state index contributed by atoms with van der Waals surface area (Å²) in [5.41, 5.74) is 3.30. The van der Waals surface area contributed by atoms with E-state index in [9.17, 15) is 4.79 Å². The van der Waals surface area contributed by atoms with Crippen LogP contribution in [0, 0.1) is 0 Å². The number of benzene rings is 2. The lowest BCUT2D eigenvalue weighted by Gasteiger charge is -2.21. The normalized spacial score (nSPS) is 11.2. The predicted octanol–water partition coefficient (Wildman–Crippen LogP) is 4.26. The van der Waals surface area contributed by atoms with Crippen LogP contribution in [0.4, 0.5) is 17.3 Å². The number of rotatable bonds is 5. The van der Waals surface area contributed by atoms with Crippen molar-refractivity contribution in [2.75, 3.05) is 23.3 Å². The number of fused-ring (bicyclic) bond motifs is 2. The van der Waals surface area contributed by atoms with Gasteiger partial charge in [0.1, 0.15) is 11.3 Å². The number of anilines is 3. The van der Waals surface area contributed by atoms with Gasteiger partial charge in [-0.05, 0) is 44.2 Å². The number of aromatic nitrogens is 2. The fourth-order valence-electron chi connectivity index (χ4n) is 3.11. The van der Waals surface area contributed by atoms with Crippen molar-refractivity contribution in [3.05, 3.63) is 59.0 Å². The molecule has 0 fully saturated rings. The molecule has 0 unspecified atom stereocenters. The van der Waals surface area contributed by atoms with Crippen LogP contribution < -0.4 is 15.8 Å². The summed E-state index contributed by atoms with van der Waals surface area (Å²) in [6, 6.07) is 15.4. The SMILES string of the molecule is CCN(CC)c1ccc2cc(Nc3nc4ccccc4[nH]3)c(=O)oc2c1. The first-order valence-corrected chi connectivity index (χ1v) is 8.72. The first-order valence-electron chi connectivity index (χ1n) is 8.72. The second-order valence-electron chi connectivity index (χ2n) is 6.07. The van der Waals surface area contributed by atoms with E-state index in [-0.39, 0.29) is 0 Å². The van der Waals surface area contributed by atoms with Gasteiger partial charge in [-0.3, -0.25) is 0 Å². The lowest BCUT2D eigenvalue weighted by atomic mass is 10.2. The molecule has 2 aromatic carbocycles. The Morgan fingerprint density at radius 2 is 1.92 bits per heavy atom. The molecule has 0 bridgehead atoms. The van der Waals surface area contributed by atoms with E-state index in [4.69, 9.17) is 4.42 Å². The Labute approximate surface area is 150 Å². The summed E-state index contributed by atoms with van der Waals surface area (Å²) in [6.45, 7) is 6.00. The maximum Gasteiger partial charge on any atom is 0.360 e. The average molecular weight is 348 g/mol. The van der Waals surface area contributed by atoms with E-state index in [0.29, 0.717) is 17.2 Å². The van der Waals surface area contributed by atoms with Crippen molar-refractivity contribution in [2.24, 2.45) is 0 Å². The van der Waals surface area contributed by atoms with E-state index in [0.717, 1.165) is 35.2 Å². The molecular weight excluding hydrogens is 328 g/mol. The Balaban J connectivity index is 1.70. The molecule has 2 heterocycles. The monoisotopic (exact) mass is 348 g/mol. The number of nitrogens with zero attached hydrogens (tertiary/aromatic N) is 2. The zero-order chi connectivity index (χ0) is 18.1. The molecule has 2 N–H and O–H groups in total. The van der Waals surface area contributed by atoms with Crippen LogP contribution >= 0.6 is 0 Å². The maximum atomic E-state index is 12.4. The van der Waals surface area contributed by atoms with E-state index < -0.39 is 5.63 Å². The Bertz CT molecular complexity index is 1090. The molecule has 4 rings (SSSR count). The van der Waals surface area contributed by atoms with Crippen molar-refractivity contribution >= 4 is 39.3 Å². The molecule has 2 aromatic heterocycles. The average Bonchev–Trinajstić information content (AvgIpc) is 3.06. The molecule has 0 aliphatic heterocycles. The molecule has 0 atom stereocenters. The Hall–Kier alpha value is -3.28. The molecule has 132 valence electrons. The third-order valence-corrected chi connectivity index (χ3v) is 4.49. The number of nitrogens with one attached hydrogen (secondary N) is 2. The number of hydrogen-bond donors (Lipinski definition) is 2. The molecule has 26 heavy (non-hydrogen) atoms. The van der Waals surface area contributed by atoms with Crippen molar-refractivity contribution in [2.45, 2.75) is 13.8 Å². The summed E-state index contributed by atoms with van der Waals surface area (Å²) in [6.07, 6.45) is 0. The van der Waals surface area contributed by atoms with E-state index in [1.807, 2.05) is 42.5 Å². The lowest BCUT2D eigenvalue weighted by molar-refractivity contribution is 0.563. The Morgan fingerprint density at radius 3 is 2.69 bits per heavy atom. The minimum absolute atomic E-state index is 0.354. The van der Waals surface area contributed by atoms with Gasteiger partial charge in [0.15, 0.2) is 0 Å². The van der Waals surface area contributed by atoms with Crippen LogP contribution in [0.1, 0.15) is 13.8 Å². The van der Waals surface area contributed by atoms with E-state index in [1.54, 1.807) is 6.07 Å². The van der Waals surface area contributed by atoms with Crippen molar-refractivity contribution in [3.63, 3.8) is 0 Å². The minimum atomic E-state index is -0.422. The zero-order valence-electron chi connectivity index (χ0n) is 14.7. The molecule has 4 aromatic rings. The van der Waals surface area contributed by atoms with Crippen molar-refractivity contribution in [3.8, 4) is 0 Å². The molecule has 0 aliphatic rings. The van der Waals surface area contributed by atoms with Gasteiger partial charge in [-0.15, -0.1) is 0 Å². The van der Waals surface area contributed by atoms with Crippen LogP contribution in [0.3, 0.4) is 0 Å². The van der Waals surface area contributed by atoms with Crippen molar-refractivity contribution in [1.82, 2.24) is 9.97 Å². The number of imidazole rings is 1. The molecule has 0 radical (unpaired) electrons. The highest BCUT2D eigenvalue weighted by Gasteiger charge is 2.10. The minimum Gasteiger partial charge on any atom is -0.421 e. The molecule has 6 nitrogen and oxygen atoms in total. The molecule has 6 heteroatoms. The highest BCUT2D eigenvalue weighted by molar-refractivity contribution is 5.84. The van der Waals surface area contributed by atoms with Gasteiger partial charge in [-0.25, -0.2) is 9.78 Å². The number of H-pyrrole nitrogens is 1. The Kier molecular flexibility index (Phi) is 4.08. The zero-order valence-corrected chi connectivity index (χ0v) is 14.7. The predicted molar refractivity (Wildman–Crippen MR) is 105 cm³/mol. The third-order valence-electron chi connectivity index (χ3n) is 4.49. The van der Waals surface area contributed by atoms with Crippen LogP contribution in [0.15, 0.2) is 57.7 Å². The fraction of sp³-hybridized carbons (Fsp3) is 0.200. The van der Waals surface area contributed by atoms with E-state index >= 15 is 0 Å². The second-order valence-corrected chi connectivity index (χ2v) is 6.07. The van der Waals surface area contributed by atoms with Crippen LogP contribution in [0.5, 0.6) is 0 Å². The molecule has 0 aliphatic carbocycles. The van der Waals surface area contributed by atoms with Gasteiger partial charge in [0.25, 0.3) is 0 Å². The summed E-state index contributed by atoms with van der Waals surface area (Å²) >= 11 is 0. The smallest absolute Gasteiger partial charge is 0.360 e. The van der Waals surface area contributed by atoms with Crippen LogP contribution in [-0.4, -0.2) is 23.1 Å². The number of para-hydroxylation sites is 2. The number of hydrogen-bond acceptors (Lipinski definition) is 5. The molecule has 0 amide bonds. The maximum absolute atomic E-state index is 12.4. The van der Waals surface area contributed by atoms with Crippen LogP contribution in [-0.2, 0) is 0 Å². The van der Waals surface area contributed by atoms with E-state index in [2.05, 4.69) is 34.0 Å². The topological polar surface area (TPSA) is 74.2 Å². The summed E-state index contributed by atoms with van der Waals surface area (Å²) < 4.78 is 5.53. The molecule has 0 spiro atoms. The third kappa shape index (κ3) is 2.90. The van der Waals surface area contributed by atoms with Crippen molar-refractivity contribution < 1.29 is 4.42 Å². The molecule has 0 saturated carbocycles. The summed E-state index contributed by atoms with van der Waals surface area (Å²) in [4.78, 5) is 22.2. The second kappa shape index (κ2) is 6.55. The Morgan fingerprint density at radius 1 is 1.12 bits per heavy atom.